The lowest BCUT2D eigenvalue weighted by Crippen LogP contribution is -2.35. The number of nitrogens with one attached hydrogen (secondary N) is 1. The Labute approximate surface area is 138 Å². The molecule has 3 rings (SSSR count). The minimum absolute atomic E-state index is 0.110. The first kappa shape index (κ1) is 16.0. The van der Waals surface area contributed by atoms with Crippen LogP contribution in [0.25, 0.3) is 10.8 Å². The first-order valence-electron chi connectivity index (χ1n) is 8.76. The Bertz CT molecular complexity index is 654. The molecule has 0 spiro atoms. The highest BCUT2D eigenvalue weighted by Crippen LogP contribution is 2.23. The van der Waals surface area contributed by atoms with Gasteiger partial charge in [0.2, 0.25) is 5.91 Å². The van der Waals surface area contributed by atoms with Crippen molar-refractivity contribution < 1.29 is 4.79 Å². The maximum absolute atomic E-state index is 12.3. The smallest absolute Gasteiger partial charge is 0.225 e. The summed E-state index contributed by atoms with van der Waals surface area (Å²) in [6, 6.07) is 14.2. The second kappa shape index (κ2) is 7.60. The zero-order valence-corrected chi connectivity index (χ0v) is 13.9. The van der Waals surface area contributed by atoms with Crippen molar-refractivity contribution in [2.75, 3.05) is 25.0 Å². The largest absolute Gasteiger partial charge is 0.325 e. The third-order valence-corrected chi connectivity index (χ3v) is 5.00. The van der Waals surface area contributed by atoms with Gasteiger partial charge < -0.3 is 10.2 Å². The summed E-state index contributed by atoms with van der Waals surface area (Å²) in [7, 11) is 0. The molecular formula is C20H26N2O. The molecule has 0 saturated carbocycles. The highest BCUT2D eigenvalue weighted by molar-refractivity contribution is 6.02. The molecule has 1 aliphatic heterocycles. The second-order valence-corrected chi connectivity index (χ2v) is 6.52. The normalized spacial score (nSPS) is 16.6. The van der Waals surface area contributed by atoms with Crippen LogP contribution in [0.3, 0.4) is 0 Å². The summed E-state index contributed by atoms with van der Waals surface area (Å²) in [5.41, 5.74) is 0.915. The fraction of sp³-hybridized carbons (Fsp3) is 0.450. The highest BCUT2D eigenvalue weighted by atomic mass is 16.1. The van der Waals surface area contributed by atoms with E-state index in [0.29, 0.717) is 6.42 Å². The molecule has 122 valence electrons. The van der Waals surface area contributed by atoms with Gasteiger partial charge in [-0.15, -0.1) is 0 Å². The Morgan fingerprint density at radius 1 is 1.13 bits per heavy atom. The average molecular weight is 310 g/mol. The second-order valence-electron chi connectivity index (χ2n) is 6.52. The summed E-state index contributed by atoms with van der Waals surface area (Å²) in [5, 5.41) is 5.34. The van der Waals surface area contributed by atoms with Crippen LogP contribution in [0, 0.1) is 5.92 Å². The van der Waals surface area contributed by atoms with Gasteiger partial charge in [-0.2, -0.15) is 0 Å². The average Bonchev–Trinajstić information content (AvgIpc) is 2.61. The van der Waals surface area contributed by atoms with Crippen molar-refractivity contribution in [1.29, 1.82) is 0 Å². The summed E-state index contributed by atoms with van der Waals surface area (Å²) in [4.78, 5) is 14.7. The lowest BCUT2D eigenvalue weighted by molar-refractivity contribution is -0.116. The van der Waals surface area contributed by atoms with E-state index >= 15 is 0 Å². The summed E-state index contributed by atoms with van der Waals surface area (Å²) in [5.74, 6) is 0.995. The maximum atomic E-state index is 12.3. The SMILES string of the molecule is CCC1CCN(CCC(=O)Nc2cccc3ccccc23)CC1. The van der Waals surface area contributed by atoms with Crippen molar-refractivity contribution in [3.05, 3.63) is 42.5 Å². The lowest BCUT2D eigenvalue weighted by Gasteiger charge is -2.31. The van der Waals surface area contributed by atoms with Crippen molar-refractivity contribution in [1.82, 2.24) is 4.90 Å². The maximum Gasteiger partial charge on any atom is 0.225 e. The van der Waals surface area contributed by atoms with Crippen molar-refractivity contribution in [2.45, 2.75) is 32.6 Å². The summed E-state index contributed by atoms with van der Waals surface area (Å²) >= 11 is 0. The van der Waals surface area contributed by atoms with E-state index in [4.69, 9.17) is 0 Å². The van der Waals surface area contributed by atoms with Gasteiger partial charge in [0.25, 0.3) is 0 Å². The summed E-state index contributed by atoms with van der Waals surface area (Å²) < 4.78 is 0. The van der Waals surface area contributed by atoms with Crippen LogP contribution in [0.2, 0.25) is 0 Å². The molecule has 1 amide bonds. The van der Waals surface area contributed by atoms with Gasteiger partial charge in [-0.05, 0) is 43.3 Å². The van der Waals surface area contributed by atoms with E-state index in [9.17, 15) is 4.79 Å². The molecule has 0 radical (unpaired) electrons. The number of likely N-dealkylation sites (tertiary alicyclic amines) is 1. The van der Waals surface area contributed by atoms with Gasteiger partial charge in [0, 0.05) is 24.0 Å². The van der Waals surface area contributed by atoms with E-state index in [2.05, 4.69) is 35.3 Å². The topological polar surface area (TPSA) is 32.3 Å². The van der Waals surface area contributed by atoms with Gasteiger partial charge in [0.05, 0.1) is 0 Å². The number of rotatable bonds is 5. The zero-order valence-electron chi connectivity index (χ0n) is 13.9. The van der Waals surface area contributed by atoms with Crippen molar-refractivity contribution in [2.24, 2.45) is 5.92 Å². The number of hydrogen-bond donors (Lipinski definition) is 1. The third kappa shape index (κ3) is 4.11. The van der Waals surface area contributed by atoms with Gasteiger partial charge in [-0.3, -0.25) is 4.79 Å². The molecule has 0 aromatic heterocycles. The molecule has 23 heavy (non-hydrogen) atoms. The number of piperidine rings is 1. The van der Waals surface area contributed by atoms with Crippen LogP contribution in [0.5, 0.6) is 0 Å². The summed E-state index contributed by atoms with van der Waals surface area (Å²) in [6.07, 6.45) is 4.41. The Balaban J connectivity index is 1.53. The molecule has 0 aliphatic carbocycles. The standard InChI is InChI=1S/C20H26N2O/c1-2-16-10-13-22(14-11-16)15-12-20(23)21-19-9-5-7-17-6-3-4-8-18(17)19/h3-9,16H,2,10-15H2,1H3,(H,21,23). The van der Waals surface area contributed by atoms with E-state index in [1.807, 2.05) is 24.3 Å². The predicted molar refractivity (Wildman–Crippen MR) is 96.6 cm³/mol. The molecule has 2 aromatic carbocycles. The molecule has 1 fully saturated rings. The van der Waals surface area contributed by atoms with Gasteiger partial charge in [0.15, 0.2) is 0 Å². The van der Waals surface area contributed by atoms with E-state index < -0.39 is 0 Å². The molecule has 1 heterocycles. The van der Waals surface area contributed by atoms with Gasteiger partial charge in [-0.25, -0.2) is 0 Å². The molecular weight excluding hydrogens is 284 g/mol. The fourth-order valence-corrected chi connectivity index (χ4v) is 3.43. The quantitative estimate of drug-likeness (QED) is 0.893. The van der Waals surface area contributed by atoms with E-state index in [1.54, 1.807) is 0 Å². The number of benzene rings is 2. The first-order valence-corrected chi connectivity index (χ1v) is 8.76. The lowest BCUT2D eigenvalue weighted by atomic mass is 9.94. The van der Waals surface area contributed by atoms with Crippen LogP contribution >= 0.6 is 0 Å². The van der Waals surface area contributed by atoms with Gasteiger partial charge >= 0.3 is 0 Å². The van der Waals surface area contributed by atoms with Crippen LogP contribution in [-0.4, -0.2) is 30.4 Å². The Morgan fingerprint density at radius 3 is 2.65 bits per heavy atom. The van der Waals surface area contributed by atoms with Gasteiger partial charge in [0.1, 0.15) is 0 Å². The van der Waals surface area contributed by atoms with Crippen LogP contribution in [0.15, 0.2) is 42.5 Å². The first-order chi connectivity index (χ1) is 11.3. The number of anilines is 1. The minimum Gasteiger partial charge on any atom is -0.325 e. The molecule has 3 heteroatoms. The Morgan fingerprint density at radius 2 is 1.87 bits per heavy atom. The molecule has 1 N–H and O–H groups in total. The van der Waals surface area contributed by atoms with Crippen molar-refractivity contribution in [3.8, 4) is 0 Å². The van der Waals surface area contributed by atoms with E-state index in [1.165, 1.54) is 19.3 Å². The van der Waals surface area contributed by atoms with Crippen LogP contribution in [-0.2, 0) is 4.79 Å². The third-order valence-electron chi connectivity index (χ3n) is 5.00. The van der Waals surface area contributed by atoms with Gasteiger partial charge in [-0.1, -0.05) is 49.7 Å². The fourth-order valence-electron chi connectivity index (χ4n) is 3.43. The van der Waals surface area contributed by atoms with Crippen LogP contribution in [0.4, 0.5) is 5.69 Å². The molecule has 0 bridgehead atoms. The van der Waals surface area contributed by atoms with Crippen LogP contribution in [0.1, 0.15) is 32.6 Å². The van der Waals surface area contributed by atoms with E-state index in [-0.39, 0.29) is 5.91 Å². The molecule has 2 aromatic rings. The number of carbonyl (C=O) groups excluding carboxylic acids is 1. The molecule has 1 saturated heterocycles. The monoisotopic (exact) mass is 310 g/mol. The number of nitrogens with zero attached hydrogens (tertiary/aromatic N) is 1. The predicted octanol–water partition coefficient (Wildman–Crippen LogP) is 4.29. The molecule has 3 nitrogen and oxygen atoms in total. The number of hydrogen-bond acceptors (Lipinski definition) is 2. The zero-order chi connectivity index (χ0) is 16.1. The number of amides is 1. The number of carbonyl (C=O) groups is 1. The molecule has 0 atom stereocenters. The van der Waals surface area contributed by atoms with E-state index in [0.717, 1.165) is 42.0 Å². The van der Waals surface area contributed by atoms with Crippen molar-refractivity contribution in [3.63, 3.8) is 0 Å². The van der Waals surface area contributed by atoms with Crippen molar-refractivity contribution >= 4 is 22.4 Å². The summed E-state index contributed by atoms with van der Waals surface area (Å²) in [6.45, 7) is 5.42. The highest BCUT2D eigenvalue weighted by Gasteiger charge is 2.18. The van der Waals surface area contributed by atoms with Crippen LogP contribution < -0.4 is 5.32 Å². The Hall–Kier alpha value is -1.87. The molecule has 0 unspecified atom stereocenters. The molecule has 1 aliphatic rings. The Kier molecular flexibility index (Phi) is 5.29. The minimum atomic E-state index is 0.110. The number of fused-ring (bicyclic) bond motifs is 1.